The third-order valence-electron chi connectivity index (χ3n) is 6.84. The lowest BCUT2D eigenvalue weighted by Gasteiger charge is -2.30. The number of hydrogen-bond acceptors (Lipinski definition) is 6. The van der Waals surface area contributed by atoms with Crippen LogP contribution in [0.15, 0.2) is 29.4 Å². The van der Waals surface area contributed by atoms with Crippen LogP contribution < -0.4 is 0 Å². The molecule has 186 valence electrons. The topological polar surface area (TPSA) is 90.9 Å². The minimum Gasteiger partial charge on any atom is -0.337 e. The van der Waals surface area contributed by atoms with E-state index in [1.54, 1.807) is 17.0 Å². The first-order valence-electron chi connectivity index (χ1n) is 11.5. The van der Waals surface area contributed by atoms with E-state index in [9.17, 15) is 18.0 Å². The molecule has 0 unspecified atom stereocenters. The van der Waals surface area contributed by atoms with Crippen molar-refractivity contribution in [1.29, 1.82) is 0 Å². The van der Waals surface area contributed by atoms with Crippen LogP contribution in [0.4, 0.5) is 0 Å². The van der Waals surface area contributed by atoms with Gasteiger partial charge in [0.2, 0.25) is 11.8 Å². The molecule has 3 fully saturated rings. The Bertz CT molecular complexity index is 912. The maximum atomic E-state index is 13.3. The van der Waals surface area contributed by atoms with Crippen LogP contribution in [0.2, 0.25) is 0 Å². The number of sulfonamides is 1. The standard InChI is InChI=1S/C22H32N4O4S.2ClH/c1-2-8-17-21-18(26(22(17)28)31(29,30)19-9-4-5-12-23-19)10-16-25(21)20(27)11-15-24-13-6-3-7-14-24;;/h4-5,9,12,17-18,21H,2-3,6-8,10-11,13-16H2,1H3;2*1H/t17-,18+,21-;;/m1../s1. The predicted molar refractivity (Wildman–Crippen MR) is 130 cm³/mol. The molecule has 11 heteroatoms. The Morgan fingerprint density at radius 2 is 1.85 bits per heavy atom. The second-order valence-corrected chi connectivity index (χ2v) is 10.6. The fraction of sp³-hybridized carbons (Fsp3) is 0.682. The van der Waals surface area contributed by atoms with E-state index in [0.717, 1.165) is 30.4 Å². The first-order chi connectivity index (χ1) is 14.9. The first kappa shape index (κ1) is 27.8. The lowest BCUT2D eigenvalue weighted by Crippen LogP contribution is -2.44. The molecule has 0 aliphatic carbocycles. The number of fused-ring (bicyclic) bond motifs is 1. The summed E-state index contributed by atoms with van der Waals surface area (Å²) in [4.78, 5) is 34.5. The van der Waals surface area contributed by atoms with Crippen molar-refractivity contribution in [3.63, 3.8) is 0 Å². The monoisotopic (exact) mass is 520 g/mol. The molecule has 0 N–H and O–H groups in total. The van der Waals surface area contributed by atoms with Crippen LogP contribution in [0, 0.1) is 5.92 Å². The smallest absolute Gasteiger partial charge is 0.284 e. The molecule has 1 aromatic rings. The number of carbonyl (C=O) groups excluding carboxylic acids is 2. The second kappa shape index (κ2) is 11.8. The van der Waals surface area contributed by atoms with Crippen molar-refractivity contribution in [3.05, 3.63) is 24.4 Å². The summed E-state index contributed by atoms with van der Waals surface area (Å²) in [6, 6.07) is 3.79. The summed E-state index contributed by atoms with van der Waals surface area (Å²) in [5, 5.41) is -0.117. The molecule has 3 aliphatic rings. The van der Waals surface area contributed by atoms with E-state index in [1.165, 1.54) is 31.5 Å². The Labute approximate surface area is 209 Å². The molecule has 8 nitrogen and oxygen atoms in total. The molecule has 3 atom stereocenters. The summed E-state index contributed by atoms with van der Waals surface area (Å²) in [5.74, 6) is -0.838. The zero-order valence-electron chi connectivity index (χ0n) is 19.0. The van der Waals surface area contributed by atoms with E-state index in [0.29, 0.717) is 25.8 Å². The molecular formula is C22H34Cl2N4O4S. The van der Waals surface area contributed by atoms with Crippen molar-refractivity contribution in [2.45, 2.75) is 69.0 Å². The van der Waals surface area contributed by atoms with Crippen molar-refractivity contribution in [2.24, 2.45) is 5.92 Å². The van der Waals surface area contributed by atoms with Gasteiger partial charge in [-0.2, -0.15) is 8.42 Å². The molecule has 1 aromatic heterocycles. The Balaban J connectivity index is 0.00000193. The molecule has 0 radical (unpaired) electrons. The summed E-state index contributed by atoms with van der Waals surface area (Å²) in [5.41, 5.74) is 0. The van der Waals surface area contributed by atoms with Crippen LogP contribution in [0.25, 0.3) is 0 Å². The fourth-order valence-corrected chi connectivity index (χ4v) is 6.99. The zero-order chi connectivity index (χ0) is 22.0. The average Bonchev–Trinajstić information content (AvgIpc) is 3.32. The zero-order valence-corrected chi connectivity index (χ0v) is 21.4. The van der Waals surface area contributed by atoms with Gasteiger partial charge in [0.15, 0.2) is 5.03 Å². The fourth-order valence-electron chi connectivity index (χ4n) is 5.39. The second-order valence-electron chi connectivity index (χ2n) is 8.79. The van der Waals surface area contributed by atoms with Gasteiger partial charge in [0.1, 0.15) is 0 Å². The Hall–Kier alpha value is -1.42. The maximum Gasteiger partial charge on any atom is 0.284 e. The number of pyridine rings is 1. The summed E-state index contributed by atoms with van der Waals surface area (Å²) < 4.78 is 27.6. The predicted octanol–water partition coefficient (Wildman–Crippen LogP) is 2.72. The molecule has 0 aromatic carbocycles. The van der Waals surface area contributed by atoms with Crippen molar-refractivity contribution in [1.82, 2.24) is 19.1 Å². The third kappa shape index (κ3) is 5.47. The molecule has 0 bridgehead atoms. The number of halogens is 2. The van der Waals surface area contributed by atoms with Gasteiger partial charge in [-0.25, -0.2) is 9.29 Å². The first-order valence-corrected chi connectivity index (χ1v) is 12.9. The van der Waals surface area contributed by atoms with Crippen LogP contribution in [0.5, 0.6) is 0 Å². The molecule has 0 saturated carbocycles. The quantitative estimate of drug-likeness (QED) is 0.548. The minimum absolute atomic E-state index is 0. The van der Waals surface area contributed by atoms with Gasteiger partial charge in [0.25, 0.3) is 10.0 Å². The number of aromatic nitrogens is 1. The highest BCUT2D eigenvalue weighted by molar-refractivity contribution is 7.89. The molecule has 4 heterocycles. The number of nitrogens with zero attached hydrogens (tertiary/aromatic N) is 4. The number of likely N-dealkylation sites (tertiary alicyclic amines) is 2. The van der Waals surface area contributed by atoms with E-state index in [2.05, 4.69) is 9.88 Å². The number of rotatable bonds is 7. The van der Waals surface area contributed by atoms with Crippen LogP contribution in [0.3, 0.4) is 0 Å². The SMILES string of the molecule is CCC[C@H]1C(=O)N(S(=O)(=O)c2ccccn2)[C@H]2CCN(C(=O)CCN3CCCCC3)[C@H]12.Cl.Cl. The Morgan fingerprint density at radius 3 is 2.48 bits per heavy atom. The molecular weight excluding hydrogens is 487 g/mol. The van der Waals surface area contributed by atoms with Crippen LogP contribution >= 0.6 is 24.8 Å². The molecule has 33 heavy (non-hydrogen) atoms. The highest BCUT2D eigenvalue weighted by Crippen LogP contribution is 2.41. The van der Waals surface area contributed by atoms with Crippen molar-refractivity contribution in [2.75, 3.05) is 26.2 Å². The van der Waals surface area contributed by atoms with Crippen molar-refractivity contribution >= 4 is 46.7 Å². The van der Waals surface area contributed by atoms with E-state index >= 15 is 0 Å². The normalized spacial score (nSPS) is 25.4. The van der Waals surface area contributed by atoms with Gasteiger partial charge in [-0.1, -0.05) is 25.8 Å². The lowest BCUT2D eigenvalue weighted by molar-refractivity contribution is -0.134. The highest BCUT2D eigenvalue weighted by atomic mass is 35.5. The molecule has 2 amide bonds. The van der Waals surface area contributed by atoms with Gasteiger partial charge < -0.3 is 9.80 Å². The number of hydrogen-bond donors (Lipinski definition) is 0. The van der Waals surface area contributed by atoms with E-state index in [1.807, 2.05) is 6.92 Å². The lowest BCUT2D eigenvalue weighted by atomic mass is 9.94. The van der Waals surface area contributed by atoms with Gasteiger partial charge in [-0.05, 0) is 50.9 Å². The molecule has 0 spiro atoms. The summed E-state index contributed by atoms with van der Waals surface area (Å²) in [6.45, 7) is 5.28. The molecule has 3 saturated heterocycles. The van der Waals surface area contributed by atoms with E-state index in [4.69, 9.17) is 0 Å². The summed E-state index contributed by atoms with van der Waals surface area (Å²) >= 11 is 0. The number of amides is 2. The van der Waals surface area contributed by atoms with Crippen molar-refractivity contribution in [3.8, 4) is 0 Å². The number of carbonyl (C=O) groups is 2. The van der Waals surface area contributed by atoms with E-state index < -0.39 is 27.9 Å². The largest absolute Gasteiger partial charge is 0.337 e. The average molecular weight is 522 g/mol. The molecule has 3 aliphatic heterocycles. The Morgan fingerprint density at radius 1 is 1.12 bits per heavy atom. The van der Waals surface area contributed by atoms with Crippen LogP contribution in [-0.4, -0.2) is 77.6 Å². The van der Waals surface area contributed by atoms with E-state index in [-0.39, 0.29) is 41.8 Å². The van der Waals surface area contributed by atoms with Crippen molar-refractivity contribution < 1.29 is 18.0 Å². The van der Waals surface area contributed by atoms with Gasteiger partial charge in [-0.15, -0.1) is 24.8 Å². The third-order valence-corrected chi connectivity index (χ3v) is 8.58. The maximum absolute atomic E-state index is 13.3. The van der Waals surface area contributed by atoms with Crippen LogP contribution in [-0.2, 0) is 19.6 Å². The van der Waals surface area contributed by atoms with Gasteiger partial charge in [0.05, 0.1) is 18.0 Å². The van der Waals surface area contributed by atoms with Gasteiger partial charge in [0, 0.05) is 25.7 Å². The highest BCUT2D eigenvalue weighted by Gasteiger charge is 2.58. The number of piperidine rings is 1. The molecule has 4 rings (SSSR count). The summed E-state index contributed by atoms with van der Waals surface area (Å²) in [6.07, 6.45) is 7.26. The Kier molecular flexibility index (Phi) is 9.96. The van der Waals surface area contributed by atoms with Crippen LogP contribution in [0.1, 0.15) is 51.9 Å². The summed E-state index contributed by atoms with van der Waals surface area (Å²) in [7, 11) is -4.05. The van der Waals surface area contributed by atoms with Gasteiger partial charge in [-0.3, -0.25) is 9.59 Å². The minimum atomic E-state index is -4.05. The van der Waals surface area contributed by atoms with Gasteiger partial charge >= 0.3 is 0 Å².